The number of ether oxygens (including phenoxy) is 3. The molecule has 0 amide bonds. The molecule has 0 N–H and O–H groups in total. The van der Waals surface area contributed by atoms with Gasteiger partial charge in [0.25, 0.3) is 0 Å². The maximum atomic E-state index is 9.74. The summed E-state index contributed by atoms with van der Waals surface area (Å²) >= 11 is 0. The van der Waals surface area contributed by atoms with Crippen molar-refractivity contribution in [1.82, 2.24) is 0 Å². The second-order valence-corrected chi connectivity index (χ2v) is 6.42. The lowest BCUT2D eigenvalue weighted by Gasteiger charge is -2.48. The van der Waals surface area contributed by atoms with Crippen LogP contribution in [0.1, 0.15) is 42.7 Å². The minimum Gasteiger partial charge on any atom is -0.497 e. The van der Waals surface area contributed by atoms with Crippen LogP contribution in [0.2, 0.25) is 0 Å². The van der Waals surface area contributed by atoms with E-state index in [2.05, 4.69) is 18.2 Å². The Bertz CT molecular complexity index is 601. The fourth-order valence-electron chi connectivity index (χ4n) is 3.59. The van der Waals surface area contributed by atoms with E-state index >= 15 is 0 Å². The topological polar surface area (TPSA) is 51.5 Å². The van der Waals surface area contributed by atoms with Gasteiger partial charge < -0.3 is 14.2 Å². The lowest BCUT2D eigenvalue weighted by atomic mass is 9.61. The summed E-state index contributed by atoms with van der Waals surface area (Å²) in [5, 5.41) is 9.74. The van der Waals surface area contributed by atoms with Crippen molar-refractivity contribution in [1.29, 1.82) is 5.26 Å². The van der Waals surface area contributed by atoms with Crippen LogP contribution in [0.5, 0.6) is 5.75 Å². The minimum absolute atomic E-state index is 0.497. The van der Waals surface area contributed by atoms with Gasteiger partial charge in [0.2, 0.25) is 0 Å². The number of benzene rings is 1. The first kappa shape index (κ1) is 13.1. The Morgan fingerprint density at radius 2 is 1.90 bits per heavy atom. The van der Waals surface area contributed by atoms with Crippen LogP contribution < -0.4 is 4.74 Å². The fourth-order valence-corrected chi connectivity index (χ4v) is 3.59. The molecule has 1 aromatic rings. The summed E-state index contributed by atoms with van der Waals surface area (Å²) in [7, 11) is 1.68. The molecule has 1 saturated heterocycles. The van der Waals surface area contributed by atoms with E-state index in [1.807, 2.05) is 6.07 Å². The third-order valence-corrected chi connectivity index (χ3v) is 4.94. The van der Waals surface area contributed by atoms with Crippen molar-refractivity contribution in [3.05, 3.63) is 29.3 Å². The number of nitrogens with zero attached hydrogens (tertiary/aromatic N) is 1. The van der Waals surface area contributed by atoms with E-state index in [9.17, 15) is 5.26 Å². The van der Waals surface area contributed by atoms with Crippen molar-refractivity contribution in [3.63, 3.8) is 0 Å². The van der Waals surface area contributed by atoms with Crippen LogP contribution in [-0.4, -0.2) is 26.1 Å². The van der Waals surface area contributed by atoms with Gasteiger partial charge in [-0.3, -0.25) is 0 Å². The van der Waals surface area contributed by atoms with Gasteiger partial charge >= 0.3 is 0 Å². The molecule has 1 aromatic carbocycles. The van der Waals surface area contributed by atoms with Gasteiger partial charge in [-0.2, -0.15) is 5.26 Å². The van der Waals surface area contributed by atoms with E-state index in [1.165, 1.54) is 18.4 Å². The molecule has 1 aliphatic heterocycles. The van der Waals surface area contributed by atoms with E-state index in [0.29, 0.717) is 32.0 Å². The van der Waals surface area contributed by atoms with Crippen molar-refractivity contribution in [2.75, 3.05) is 20.3 Å². The summed E-state index contributed by atoms with van der Waals surface area (Å²) in [6, 6.07) is 8.79. The van der Waals surface area contributed by atoms with Crippen molar-refractivity contribution < 1.29 is 14.2 Å². The average molecular weight is 285 g/mol. The molecule has 4 rings (SSSR count). The Balaban J connectivity index is 1.68. The lowest BCUT2D eigenvalue weighted by Crippen LogP contribution is -2.54. The first-order valence-corrected chi connectivity index (χ1v) is 7.57. The first-order chi connectivity index (χ1) is 10.2. The first-order valence-electron chi connectivity index (χ1n) is 7.57. The predicted octanol–water partition coefficient (Wildman–Crippen LogP) is 2.87. The molecule has 3 aliphatic rings. The van der Waals surface area contributed by atoms with Crippen LogP contribution in [-0.2, 0) is 14.9 Å². The van der Waals surface area contributed by atoms with Crippen LogP contribution in [0, 0.1) is 11.3 Å². The molecule has 0 atom stereocenters. The zero-order valence-electron chi connectivity index (χ0n) is 12.2. The van der Waals surface area contributed by atoms with Gasteiger partial charge in [-0.1, -0.05) is 6.07 Å². The molecule has 0 unspecified atom stereocenters. The van der Waals surface area contributed by atoms with Crippen LogP contribution in [0.25, 0.3) is 0 Å². The molecule has 0 radical (unpaired) electrons. The SMILES string of the molecule is COc1cc(C2CC2)cc(C2(C#N)CC3(C2)OCCO3)c1. The zero-order valence-corrected chi connectivity index (χ0v) is 12.2. The summed E-state index contributed by atoms with van der Waals surface area (Å²) < 4.78 is 16.8. The van der Waals surface area contributed by atoms with Gasteiger partial charge in [-0.15, -0.1) is 0 Å². The molecule has 0 bridgehead atoms. The predicted molar refractivity (Wildman–Crippen MR) is 76.1 cm³/mol. The lowest BCUT2D eigenvalue weighted by molar-refractivity contribution is -0.229. The number of nitriles is 1. The summed E-state index contributed by atoms with van der Waals surface area (Å²) in [5.41, 5.74) is 1.85. The molecule has 110 valence electrons. The van der Waals surface area contributed by atoms with Gasteiger partial charge in [0.15, 0.2) is 5.79 Å². The Labute approximate surface area is 124 Å². The molecule has 0 aromatic heterocycles. The Morgan fingerprint density at radius 3 is 2.48 bits per heavy atom. The quantitative estimate of drug-likeness (QED) is 0.857. The molecular weight excluding hydrogens is 266 g/mol. The molecule has 1 heterocycles. The Hall–Kier alpha value is -1.57. The third-order valence-electron chi connectivity index (χ3n) is 4.94. The van der Waals surface area contributed by atoms with Crippen molar-refractivity contribution in [2.24, 2.45) is 0 Å². The van der Waals surface area contributed by atoms with Crippen LogP contribution in [0.15, 0.2) is 18.2 Å². The summed E-state index contributed by atoms with van der Waals surface area (Å²) in [6.07, 6.45) is 3.71. The zero-order chi connectivity index (χ0) is 14.5. The van der Waals surface area contributed by atoms with E-state index in [4.69, 9.17) is 14.2 Å². The van der Waals surface area contributed by atoms with Gasteiger partial charge in [0.05, 0.1) is 31.8 Å². The molecular formula is C17H19NO3. The second kappa shape index (κ2) is 4.46. The van der Waals surface area contributed by atoms with Crippen molar-refractivity contribution >= 4 is 0 Å². The monoisotopic (exact) mass is 285 g/mol. The second-order valence-electron chi connectivity index (χ2n) is 6.42. The third kappa shape index (κ3) is 2.04. The normalized spacial score (nSPS) is 25.3. The number of methoxy groups -OCH3 is 1. The highest BCUT2D eigenvalue weighted by molar-refractivity contribution is 5.46. The molecule has 2 aliphatic carbocycles. The van der Waals surface area contributed by atoms with E-state index in [-0.39, 0.29) is 0 Å². The standard InChI is InChI=1S/C17H19NO3/c1-19-15-7-13(12-2-3-12)6-14(8-15)16(11-18)9-17(10-16)20-4-5-21-17/h6-8,12H,2-5,9-10H2,1H3. The van der Waals surface area contributed by atoms with Crippen LogP contribution >= 0.6 is 0 Å². The summed E-state index contributed by atoms with van der Waals surface area (Å²) in [4.78, 5) is 0. The smallest absolute Gasteiger partial charge is 0.172 e. The molecule has 1 spiro atoms. The number of hydrogen-bond donors (Lipinski definition) is 0. The van der Waals surface area contributed by atoms with Crippen LogP contribution in [0.3, 0.4) is 0 Å². The average Bonchev–Trinajstić information content (AvgIpc) is 3.22. The fraction of sp³-hybridized carbons (Fsp3) is 0.588. The maximum Gasteiger partial charge on any atom is 0.172 e. The molecule has 2 saturated carbocycles. The molecule has 21 heavy (non-hydrogen) atoms. The molecule has 4 nitrogen and oxygen atoms in total. The van der Waals surface area contributed by atoms with E-state index in [1.54, 1.807) is 7.11 Å². The van der Waals surface area contributed by atoms with E-state index in [0.717, 1.165) is 11.3 Å². The van der Waals surface area contributed by atoms with Crippen molar-refractivity contribution in [3.8, 4) is 11.8 Å². The highest BCUT2D eigenvalue weighted by atomic mass is 16.7. The number of hydrogen-bond acceptors (Lipinski definition) is 4. The van der Waals surface area contributed by atoms with Crippen molar-refractivity contribution in [2.45, 2.75) is 42.8 Å². The molecule has 4 heteroatoms. The highest BCUT2D eigenvalue weighted by Gasteiger charge is 2.60. The van der Waals surface area contributed by atoms with Crippen LogP contribution in [0.4, 0.5) is 0 Å². The Morgan fingerprint density at radius 1 is 1.19 bits per heavy atom. The number of rotatable bonds is 3. The van der Waals surface area contributed by atoms with Gasteiger partial charge in [-0.25, -0.2) is 0 Å². The van der Waals surface area contributed by atoms with Gasteiger partial charge in [-0.05, 0) is 42.0 Å². The summed E-state index contributed by atoms with van der Waals surface area (Å²) in [5.74, 6) is 0.972. The minimum atomic E-state index is -0.515. The largest absolute Gasteiger partial charge is 0.497 e. The van der Waals surface area contributed by atoms with Gasteiger partial charge in [0, 0.05) is 12.8 Å². The maximum absolute atomic E-state index is 9.74. The summed E-state index contributed by atoms with van der Waals surface area (Å²) in [6.45, 7) is 1.26. The Kier molecular flexibility index (Phi) is 2.79. The van der Waals surface area contributed by atoms with Gasteiger partial charge in [0.1, 0.15) is 5.75 Å². The molecule has 3 fully saturated rings. The van der Waals surface area contributed by atoms with E-state index < -0.39 is 11.2 Å². The highest BCUT2D eigenvalue weighted by Crippen LogP contribution is 2.55.